The number of hydrogen-bond acceptors (Lipinski definition) is 1. The highest BCUT2D eigenvalue weighted by Gasteiger charge is 2.35. The van der Waals surface area contributed by atoms with Crippen LogP contribution in [0, 0.1) is 3.57 Å². The fraction of sp³-hybridized carbons (Fsp3) is 0.462. The van der Waals surface area contributed by atoms with Crippen LogP contribution >= 0.6 is 22.6 Å². The molecule has 0 radical (unpaired) electrons. The molecule has 1 saturated heterocycles. The van der Waals surface area contributed by atoms with Crippen molar-refractivity contribution in [2.45, 2.75) is 32.2 Å². The molecule has 1 heterocycles. The van der Waals surface area contributed by atoms with Gasteiger partial charge in [-0.15, -0.1) is 0 Å². The van der Waals surface area contributed by atoms with Crippen molar-refractivity contribution in [3.8, 4) is 0 Å². The molecule has 1 aliphatic heterocycles. The quantitative estimate of drug-likeness (QED) is 0.724. The molecule has 0 N–H and O–H groups in total. The van der Waals surface area contributed by atoms with Gasteiger partial charge in [-0.05, 0) is 73.5 Å². The summed E-state index contributed by atoms with van der Waals surface area (Å²) >= 11 is 2.25. The van der Waals surface area contributed by atoms with Gasteiger partial charge in [0.25, 0.3) is 5.91 Å². The van der Waals surface area contributed by atoms with E-state index in [0.29, 0.717) is 0 Å². The number of likely N-dealkylation sites (tertiary alicyclic amines) is 1. The highest BCUT2D eigenvalue weighted by atomic mass is 127. The zero-order valence-electron chi connectivity index (χ0n) is 9.66. The fourth-order valence-corrected chi connectivity index (χ4v) is 2.59. The lowest BCUT2D eigenvalue weighted by molar-refractivity contribution is 0.0652. The summed E-state index contributed by atoms with van der Waals surface area (Å²) in [6, 6.07) is 7.80. The van der Waals surface area contributed by atoms with E-state index in [9.17, 15) is 4.79 Å². The molecule has 2 rings (SSSR count). The predicted octanol–water partition coefficient (Wildman–Crippen LogP) is 3.31. The number of carbonyl (C=O) groups is 1. The van der Waals surface area contributed by atoms with Crippen LogP contribution in [0.3, 0.4) is 0 Å². The Morgan fingerprint density at radius 3 is 2.44 bits per heavy atom. The molecule has 16 heavy (non-hydrogen) atoms. The minimum Gasteiger partial charge on any atom is -0.334 e. The average molecular weight is 329 g/mol. The van der Waals surface area contributed by atoms with E-state index in [1.54, 1.807) is 0 Å². The van der Waals surface area contributed by atoms with E-state index in [2.05, 4.69) is 36.4 Å². The largest absolute Gasteiger partial charge is 0.334 e. The average Bonchev–Trinajstić information content (AvgIpc) is 2.58. The van der Waals surface area contributed by atoms with E-state index in [1.165, 1.54) is 0 Å². The van der Waals surface area contributed by atoms with Crippen molar-refractivity contribution >= 4 is 28.5 Å². The minimum absolute atomic E-state index is 0.0140. The molecule has 1 amide bonds. The second kappa shape index (κ2) is 4.35. The maximum atomic E-state index is 12.3. The first-order valence-corrected chi connectivity index (χ1v) is 6.66. The number of carbonyl (C=O) groups excluding carboxylic acids is 1. The molecule has 0 aromatic heterocycles. The Morgan fingerprint density at radius 2 is 1.94 bits per heavy atom. The highest BCUT2D eigenvalue weighted by Crippen LogP contribution is 2.29. The smallest absolute Gasteiger partial charge is 0.254 e. The minimum atomic E-state index is 0.0140. The van der Waals surface area contributed by atoms with Gasteiger partial charge in [-0.25, -0.2) is 0 Å². The van der Waals surface area contributed by atoms with Gasteiger partial charge in [0.15, 0.2) is 0 Å². The third kappa shape index (κ3) is 2.24. The Balaban J connectivity index is 2.22. The lowest BCUT2D eigenvalue weighted by atomic mass is 10.0. The molecule has 0 saturated carbocycles. The predicted molar refractivity (Wildman–Crippen MR) is 73.5 cm³/mol. The first kappa shape index (κ1) is 11.9. The van der Waals surface area contributed by atoms with Crippen molar-refractivity contribution in [3.63, 3.8) is 0 Å². The molecular formula is C13H16INO. The summed E-state index contributed by atoms with van der Waals surface area (Å²) in [5, 5.41) is 0. The van der Waals surface area contributed by atoms with Crippen LogP contribution in [-0.4, -0.2) is 22.9 Å². The van der Waals surface area contributed by atoms with Crippen LogP contribution in [0.4, 0.5) is 0 Å². The zero-order valence-corrected chi connectivity index (χ0v) is 11.8. The van der Waals surface area contributed by atoms with Gasteiger partial charge in [-0.3, -0.25) is 4.79 Å². The molecule has 0 aliphatic carbocycles. The Hall–Kier alpha value is -0.580. The van der Waals surface area contributed by atoms with Gasteiger partial charge < -0.3 is 4.90 Å². The Bertz CT molecular complexity index is 397. The van der Waals surface area contributed by atoms with Gasteiger partial charge >= 0.3 is 0 Å². The molecule has 0 bridgehead atoms. The lowest BCUT2D eigenvalue weighted by Gasteiger charge is -2.31. The van der Waals surface area contributed by atoms with Gasteiger partial charge in [-0.2, -0.15) is 0 Å². The van der Waals surface area contributed by atoms with Crippen molar-refractivity contribution in [2.24, 2.45) is 0 Å². The summed E-state index contributed by atoms with van der Waals surface area (Å²) < 4.78 is 1.16. The number of amides is 1. The summed E-state index contributed by atoms with van der Waals surface area (Å²) in [6.45, 7) is 5.17. The second-order valence-corrected chi connectivity index (χ2v) is 6.13. The van der Waals surface area contributed by atoms with Crippen LogP contribution in [0.5, 0.6) is 0 Å². The van der Waals surface area contributed by atoms with Crippen molar-refractivity contribution in [1.29, 1.82) is 0 Å². The van der Waals surface area contributed by atoms with Crippen molar-refractivity contribution in [2.75, 3.05) is 6.54 Å². The second-order valence-electron chi connectivity index (χ2n) is 4.88. The van der Waals surface area contributed by atoms with Crippen LogP contribution in [0.2, 0.25) is 0 Å². The van der Waals surface area contributed by atoms with E-state index in [0.717, 1.165) is 28.5 Å². The zero-order chi connectivity index (χ0) is 11.8. The number of benzene rings is 1. The molecule has 0 spiro atoms. The van der Waals surface area contributed by atoms with Crippen molar-refractivity contribution < 1.29 is 4.79 Å². The number of rotatable bonds is 1. The Kier molecular flexibility index (Phi) is 3.24. The molecule has 0 unspecified atom stereocenters. The molecule has 1 aromatic carbocycles. The molecule has 2 nitrogen and oxygen atoms in total. The maximum Gasteiger partial charge on any atom is 0.254 e. The fourth-order valence-electron chi connectivity index (χ4n) is 2.23. The standard InChI is InChI=1S/C13H16INO/c1-13(2)8-3-9-15(13)12(16)10-4-6-11(14)7-5-10/h4-7H,3,8-9H2,1-2H3. The summed E-state index contributed by atoms with van der Waals surface area (Å²) in [5.74, 6) is 0.166. The van der Waals surface area contributed by atoms with Crippen LogP contribution in [0.15, 0.2) is 24.3 Å². The number of halogens is 1. The van der Waals surface area contributed by atoms with Gasteiger partial charge in [0.2, 0.25) is 0 Å². The summed E-state index contributed by atoms with van der Waals surface area (Å²) in [7, 11) is 0. The van der Waals surface area contributed by atoms with Crippen LogP contribution in [-0.2, 0) is 0 Å². The molecule has 1 aromatic rings. The number of nitrogens with zero attached hydrogens (tertiary/aromatic N) is 1. The highest BCUT2D eigenvalue weighted by molar-refractivity contribution is 14.1. The molecule has 1 aliphatic rings. The monoisotopic (exact) mass is 329 g/mol. The van der Waals surface area contributed by atoms with E-state index < -0.39 is 0 Å². The first-order valence-electron chi connectivity index (χ1n) is 5.58. The first-order chi connectivity index (χ1) is 7.50. The van der Waals surface area contributed by atoms with Gasteiger partial charge in [0.1, 0.15) is 0 Å². The topological polar surface area (TPSA) is 20.3 Å². The van der Waals surface area contributed by atoms with Crippen LogP contribution in [0.25, 0.3) is 0 Å². The molecule has 1 fully saturated rings. The summed E-state index contributed by atoms with van der Waals surface area (Å²) in [6.07, 6.45) is 2.21. The normalized spacial score (nSPS) is 18.8. The van der Waals surface area contributed by atoms with E-state index in [4.69, 9.17) is 0 Å². The summed E-state index contributed by atoms with van der Waals surface area (Å²) in [4.78, 5) is 14.3. The van der Waals surface area contributed by atoms with Crippen LogP contribution in [0.1, 0.15) is 37.0 Å². The van der Waals surface area contributed by atoms with Gasteiger partial charge in [0.05, 0.1) is 0 Å². The maximum absolute atomic E-state index is 12.3. The third-order valence-corrected chi connectivity index (χ3v) is 3.96. The summed E-state index contributed by atoms with van der Waals surface area (Å²) in [5.41, 5.74) is 0.815. The van der Waals surface area contributed by atoms with Gasteiger partial charge in [-0.1, -0.05) is 0 Å². The Labute approximate surface area is 110 Å². The van der Waals surface area contributed by atoms with E-state index in [1.807, 2.05) is 29.2 Å². The molecular weight excluding hydrogens is 313 g/mol. The van der Waals surface area contributed by atoms with Crippen LogP contribution < -0.4 is 0 Å². The molecule has 0 atom stereocenters. The van der Waals surface area contributed by atoms with E-state index in [-0.39, 0.29) is 11.4 Å². The molecule has 3 heteroatoms. The molecule has 86 valence electrons. The lowest BCUT2D eigenvalue weighted by Crippen LogP contribution is -2.42. The Morgan fingerprint density at radius 1 is 1.31 bits per heavy atom. The van der Waals surface area contributed by atoms with Gasteiger partial charge in [0, 0.05) is 21.2 Å². The number of hydrogen-bond donors (Lipinski definition) is 0. The van der Waals surface area contributed by atoms with E-state index >= 15 is 0 Å². The van der Waals surface area contributed by atoms with Crippen molar-refractivity contribution in [3.05, 3.63) is 33.4 Å². The SMILES string of the molecule is CC1(C)CCCN1C(=O)c1ccc(I)cc1. The van der Waals surface area contributed by atoms with Crippen molar-refractivity contribution in [1.82, 2.24) is 4.90 Å². The third-order valence-electron chi connectivity index (χ3n) is 3.24.